The van der Waals surface area contributed by atoms with Crippen LogP contribution in [0.15, 0.2) is 94.0 Å². The van der Waals surface area contributed by atoms with E-state index in [1.807, 2.05) is 84.9 Å². The molecular weight excluding hydrogens is 416 g/mol. The fourth-order valence-electron chi connectivity index (χ4n) is 2.99. The van der Waals surface area contributed by atoms with Crippen molar-refractivity contribution < 1.29 is 9.53 Å². The van der Waals surface area contributed by atoms with E-state index >= 15 is 0 Å². The van der Waals surface area contributed by atoms with Gasteiger partial charge in [-0.05, 0) is 48.0 Å². The van der Waals surface area contributed by atoms with E-state index in [0.29, 0.717) is 11.5 Å². The van der Waals surface area contributed by atoms with Crippen LogP contribution in [0.4, 0.5) is 5.69 Å². The number of rotatable bonds is 4. The lowest BCUT2D eigenvalue weighted by molar-refractivity contribution is -0.113. The third-order valence-corrected chi connectivity index (χ3v) is 4.93. The second kappa shape index (κ2) is 7.82. The number of halogens is 1. The lowest BCUT2D eigenvalue weighted by Gasteiger charge is -2.19. The Labute approximate surface area is 171 Å². The van der Waals surface area contributed by atoms with Crippen molar-refractivity contribution in [3.63, 3.8) is 0 Å². The van der Waals surface area contributed by atoms with Gasteiger partial charge in [-0.2, -0.15) is 0 Å². The highest BCUT2D eigenvalue weighted by molar-refractivity contribution is 9.10. The normalized spacial score (nSPS) is 15.1. The predicted molar refractivity (Wildman–Crippen MR) is 116 cm³/mol. The molecule has 1 aliphatic heterocycles. The average molecular weight is 433 g/mol. The third kappa shape index (κ3) is 3.62. The molecule has 4 rings (SSSR count). The van der Waals surface area contributed by atoms with Crippen LogP contribution in [0.2, 0.25) is 0 Å². The van der Waals surface area contributed by atoms with Crippen molar-refractivity contribution in [2.45, 2.75) is 0 Å². The van der Waals surface area contributed by atoms with E-state index < -0.39 is 0 Å². The maximum atomic E-state index is 13.2. The molecule has 3 aromatic carbocycles. The van der Waals surface area contributed by atoms with Crippen molar-refractivity contribution in [3.8, 4) is 5.75 Å². The molecular formula is C23H17BrN2O2. The lowest BCUT2D eigenvalue weighted by atomic mass is 10.1. The molecule has 0 aliphatic carbocycles. The van der Waals surface area contributed by atoms with E-state index in [9.17, 15) is 4.79 Å². The van der Waals surface area contributed by atoms with Gasteiger partial charge in [-0.25, -0.2) is 4.99 Å². The Balaban J connectivity index is 1.80. The summed E-state index contributed by atoms with van der Waals surface area (Å²) < 4.78 is 6.20. The van der Waals surface area contributed by atoms with Gasteiger partial charge in [0, 0.05) is 10.0 Å². The molecule has 28 heavy (non-hydrogen) atoms. The van der Waals surface area contributed by atoms with Crippen LogP contribution in [0.25, 0.3) is 6.08 Å². The molecule has 0 aromatic heterocycles. The molecule has 0 saturated heterocycles. The number of methoxy groups -OCH3 is 1. The van der Waals surface area contributed by atoms with Gasteiger partial charge in [0.05, 0.1) is 12.8 Å². The maximum absolute atomic E-state index is 13.2. The Bertz CT molecular complexity index is 1060. The highest BCUT2D eigenvalue weighted by atomic mass is 79.9. The van der Waals surface area contributed by atoms with Crippen molar-refractivity contribution in [3.05, 3.63) is 100 Å². The summed E-state index contributed by atoms with van der Waals surface area (Å²) in [4.78, 5) is 19.5. The predicted octanol–water partition coefficient (Wildman–Crippen LogP) is 5.29. The van der Waals surface area contributed by atoms with Crippen molar-refractivity contribution >= 4 is 39.4 Å². The highest BCUT2D eigenvalue weighted by Crippen LogP contribution is 2.29. The number of nitrogens with zero attached hydrogens (tertiary/aromatic N) is 2. The number of carbonyl (C=O) groups excluding carboxylic acids is 1. The number of amidine groups is 1. The molecule has 0 fully saturated rings. The maximum Gasteiger partial charge on any atom is 0.282 e. The summed E-state index contributed by atoms with van der Waals surface area (Å²) >= 11 is 3.45. The summed E-state index contributed by atoms with van der Waals surface area (Å²) in [6, 6.07) is 24.9. The van der Waals surface area contributed by atoms with E-state index in [-0.39, 0.29) is 5.91 Å². The van der Waals surface area contributed by atoms with Gasteiger partial charge in [-0.3, -0.25) is 9.69 Å². The second-order valence-corrected chi connectivity index (χ2v) is 7.14. The minimum absolute atomic E-state index is 0.160. The summed E-state index contributed by atoms with van der Waals surface area (Å²) in [5, 5.41) is 0. The molecule has 5 heteroatoms. The molecule has 0 unspecified atom stereocenters. The van der Waals surface area contributed by atoms with Crippen LogP contribution >= 0.6 is 15.9 Å². The Morgan fingerprint density at radius 3 is 2.25 bits per heavy atom. The highest BCUT2D eigenvalue weighted by Gasteiger charge is 2.32. The molecule has 0 spiro atoms. The molecule has 1 heterocycles. The number of carbonyl (C=O) groups is 1. The number of hydrogen-bond acceptors (Lipinski definition) is 3. The largest absolute Gasteiger partial charge is 0.497 e. The molecule has 0 N–H and O–H groups in total. The SMILES string of the molecule is COc1ccc(N2C(=O)/C(=C\c3ccccc3)N=C2c2ccc(Br)cc2)cc1. The summed E-state index contributed by atoms with van der Waals surface area (Å²) in [5.41, 5.74) is 2.94. The van der Waals surface area contributed by atoms with Gasteiger partial charge in [0.1, 0.15) is 17.3 Å². The Morgan fingerprint density at radius 2 is 1.61 bits per heavy atom. The summed E-state index contributed by atoms with van der Waals surface area (Å²) in [7, 11) is 1.62. The van der Waals surface area contributed by atoms with Gasteiger partial charge in [0.15, 0.2) is 0 Å². The lowest BCUT2D eigenvalue weighted by Crippen LogP contribution is -2.32. The van der Waals surface area contributed by atoms with Crippen LogP contribution in [0.3, 0.4) is 0 Å². The number of amides is 1. The summed E-state index contributed by atoms with van der Waals surface area (Å²) in [5.74, 6) is 1.18. The van der Waals surface area contributed by atoms with Crippen LogP contribution in [0.5, 0.6) is 5.75 Å². The van der Waals surface area contributed by atoms with Crippen LogP contribution in [-0.2, 0) is 4.79 Å². The van der Waals surface area contributed by atoms with Crippen LogP contribution in [-0.4, -0.2) is 18.9 Å². The van der Waals surface area contributed by atoms with Crippen molar-refractivity contribution in [1.82, 2.24) is 0 Å². The molecule has 1 aliphatic rings. The second-order valence-electron chi connectivity index (χ2n) is 6.22. The van der Waals surface area contributed by atoms with Crippen molar-refractivity contribution in [1.29, 1.82) is 0 Å². The molecule has 0 atom stereocenters. The Kier molecular flexibility index (Phi) is 5.08. The first-order valence-electron chi connectivity index (χ1n) is 8.75. The monoisotopic (exact) mass is 432 g/mol. The average Bonchev–Trinajstić information content (AvgIpc) is 3.05. The van der Waals surface area contributed by atoms with Gasteiger partial charge in [0.25, 0.3) is 5.91 Å². The minimum atomic E-state index is -0.160. The summed E-state index contributed by atoms with van der Waals surface area (Å²) in [6.45, 7) is 0. The van der Waals surface area contributed by atoms with Crippen molar-refractivity contribution in [2.75, 3.05) is 12.0 Å². The van der Waals surface area contributed by atoms with E-state index in [2.05, 4.69) is 20.9 Å². The Morgan fingerprint density at radius 1 is 0.929 bits per heavy atom. The summed E-state index contributed by atoms with van der Waals surface area (Å²) in [6.07, 6.45) is 1.81. The Hall–Kier alpha value is -3.18. The molecule has 1 amide bonds. The van der Waals surface area contributed by atoms with Crippen molar-refractivity contribution in [2.24, 2.45) is 4.99 Å². The molecule has 138 valence electrons. The molecule has 0 radical (unpaired) electrons. The van der Waals surface area contributed by atoms with Gasteiger partial charge >= 0.3 is 0 Å². The molecule has 0 bridgehead atoms. The fourth-order valence-corrected chi connectivity index (χ4v) is 3.25. The number of benzene rings is 3. The zero-order chi connectivity index (χ0) is 19.5. The smallest absolute Gasteiger partial charge is 0.282 e. The minimum Gasteiger partial charge on any atom is -0.497 e. The first-order chi connectivity index (χ1) is 13.7. The molecule has 4 nitrogen and oxygen atoms in total. The van der Waals surface area contributed by atoms with E-state index in [0.717, 1.165) is 27.0 Å². The van der Waals surface area contributed by atoms with Gasteiger partial charge < -0.3 is 4.74 Å². The zero-order valence-electron chi connectivity index (χ0n) is 15.2. The standard InChI is InChI=1S/C23H17BrN2O2/c1-28-20-13-11-19(12-14-20)26-22(17-7-9-18(24)10-8-17)25-21(23(26)27)15-16-5-3-2-4-6-16/h2-15H,1H3/b21-15+. The van der Waals surface area contributed by atoms with E-state index in [1.165, 1.54) is 0 Å². The molecule has 0 saturated carbocycles. The van der Waals surface area contributed by atoms with E-state index in [1.54, 1.807) is 12.0 Å². The molecule has 3 aromatic rings. The number of ether oxygens (including phenoxy) is 1. The number of aliphatic imine (C=N–C) groups is 1. The fraction of sp³-hybridized carbons (Fsp3) is 0.0435. The van der Waals surface area contributed by atoms with Crippen LogP contribution in [0.1, 0.15) is 11.1 Å². The quantitative estimate of drug-likeness (QED) is 0.525. The first kappa shape index (κ1) is 18.2. The van der Waals surface area contributed by atoms with Gasteiger partial charge in [0.2, 0.25) is 0 Å². The van der Waals surface area contributed by atoms with E-state index in [4.69, 9.17) is 4.74 Å². The first-order valence-corrected chi connectivity index (χ1v) is 9.55. The topological polar surface area (TPSA) is 41.9 Å². The van der Waals surface area contributed by atoms with Gasteiger partial charge in [-0.15, -0.1) is 0 Å². The number of anilines is 1. The third-order valence-electron chi connectivity index (χ3n) is 4.40. The van der Waals surface area contributed by atoms with Crippen LogP contribution < -0.4 is 9.64 Å². The van der Waals surface area contributed by atoms with Crippen LogP contribution in [0, 0.1) is 0 Å². The zero-order valence-corrected chi connectivity index (χ0v) is 16.8. The van der Waals surface area contributed by atoms with Gasteiger partial charge in [-0.1, -0.05) is 58.4 Å². The number of hydrogen-bond donors (Lipinski definition) is 0.